The van der Waals surface area contributed by atoms with Gasteiger partial charge in [-0.15, -0.1) is 0 Å². The Morgan fingerprint density at radius 2 is 2.00 bits per heavy atom. The molecule has 0 bridgehead atoms. The van der Waals surface area contributed by atoms with E-state index in [0.717, 1.165) is 4.90 Å². The maximum Gasteiger partial charge on any atom is 0.262 e. The van der Waals surface area contributed by atoms with Gasteiger partial charge in [0.05, 0.1) is 11.1 Å². The SMILES string of the molecule is O=C1CCC(N2C(=O)C3=C(C2=O)C2O[C@@H]2C=C3)C(=O)N1. The zero-order valence-corrected chi connectivity index (χ0v) is 10.3. The largest absolute Gasteiger partial charge is 0.360 e. The molecular formula is C13H10N2O5. The van der Waals surface area contributed by atoms with Crippen molar-refractivity contribution >= 4 is 23.6 Å². The maximum absolute atomic E-state index is 12.4. The van der Waals surface area contributed by atoms with Crippen LogP contribution in [-0.2, 0) is 23.9 Å². The number of carbonyl (C=O) groups is 4. The van der Waals surface area contributed by atoms with Crippen molar-refractivity contribution in [3.8, 4) is 0 Å². The molecule has 3 heterocycles. The van der Waals surface area contributed by atoms with E-state index >= 15 is 0 Å². The van der Waals surface area contributed by atoms with Gasteiger partial charge in [0.2, 0.25) is 11.8 Å². The van der Waals surface area contributed by atoms with Crippen LogP contribution >= 0.6 is 0 Å². The van der Waals surface area contributed by atoms with Gasteiger partial charge in [0.15, 0.2) is 0 Å². The van der Waals surface area contributed by atoms with Gasteiger partial charge >= 0.3 is 0 Å². The van der Waals surface area contributed by atoms with Gasteiger partial charge in [-0.25, -0.2) is 0 Å². The van der Waals surface area contributed by atoms with Crippen molar-refractivity contribution in [2.45, 2.75) is 31.1 Å². The highest BCUT2D eigenvalue weighted by Crippen LogP contribution is 2.41. The van der Waals surface area contributed by atoms with E-state index in [2.05, 4.69) is 5.32 Å². The average Bonchev–Trinajstić information content (AvgIpc) is 3.14. The van der Waals surface area contributed by atoms with Crippen molar-refractivity contribution < 1.29 is 23.9 Å². The zero-order chi connectivity index (χ0) is 14.0. The van der Waals surface area contributed by atoms with Crippen LogP contribution in [0.4, 0.5) is 0 Å². The first-order chi connectivity index (χ1) is 9.58. The van der Waals surface area contributed by atoms with Crippen LogP contribution in [0.2, 0.25) is 0 Å². The van der Waals surface area contributed by atoms with Crippen LogP contribution in [0.1, 0.15) is 12.8 Å². The van der Waals surface area contributed by atoms with E-state index in [-0.39, 0.29) is 31.0 Å². The molecular weight excluding hydrogens is 264 g/mol. The van der Waals surface area contributed by atoms with E-state index in [4.69, 9.17) is 4.74 Å². The Kier molecular flexibility index (Phi) is 2.10. The van der Waals surface area contributed by atoms with Crippen LogP contribution in [0.3, 0.4) is 0 Å². The van der Waals surface area contributed by atoms with Crippen molar-refractivity contribution in [2.24, 2.45) is 0 Å². The minimum atomic E-state index is -0.913. The molecule has 4 aliphatic rings. The summed E-state index contributed by atoms with van der Waals surface area (Å²) in [6.07, 6.45) is 3.12. The number of rotatable bonds is 1. The number of epoxide rings is 1. The fraction of sp³-hybridized carbons (Fsp3) is 0.385. The van der Waals surface area contributed by atoms with Crippen LogP contribution in [0.25, 0.3) is 0 Å². The van der Waals surface area contributed by atoms with E-state index < -0.39 is 23.8 Å². The van der Waals surface area contributed by atoms with Gasteiger partial charge in [-0.05, 0) is 6.42 Å². The highest BCUT2D eigenvalue weighted by Gasteiger charge is 2.55. The molecule has 3 aliphatic heterocycles. The third kappa shape index (κ3) is 1.38. The summed E-state index contributed by atoms with van der Waals surface area (Å²) in [6.45, 7) is 0. The number of amides is 4. The number of ether oxygens (including phenoxy) is 1. The fourth-order valence-corrected chi connectivity index (χ4v) is 2.92. The average molecular weight is 274 g/mol. The second-order valence-electron chi connectivity index (χ2n) is 5.15. The van der Waals surface area contributed by atoms with Gasteiger partial charge in [0.25, 0.3) is 11.8 Å². The Hall–Kier alpha value is -2.28. The van der Waals surface area contributed by atoms with Crippen molar-refractivity contribution in [3.05, 3.63) is 23.3 Å². The molecule has 0 saturated carbocycles. The lowest BCUT2D eigenvalue weighted by atomic mass is 10.00. The van der Waals surface area contributed by atoms with Crippen LogP contribution in [0.5, 0.6) is 0 Å². The van der Waals surface area contributed by atoms with Gasteiger partial charge in [-0.2, -0.15) is 0 Å². The number of nitrogens with zero attached hydrogens (tertiary/aromatic N) is 1. The summed E-state index contributed by atoms with van der Waals surface area (Å²) >= 11 is 0. The summed E-state index contributed by atoms with van der Waals surface area (Å²) in [7, 11) is 0. The Morgan fingerprint density at radius 3 is 2.75 bits per heavy atom. The monoisotopic (exact) mass is 274 g/mol. The minimum absolute atomic E-state index is 0.122. The van der Waals surface area contributed by atoms with Crippen molar-refractivity contribution in [3.63, 3.8) is 0 Å². The molecule has 4 rings (SSSR count). The van der Waals surface area contributed by atoms with Gasteiger partial charge in [-0.3, -0.25) is 29.4 Å². The van der Waals surface area contributed by atoms with E-state index in [1.54, 1.807) is 12.2 Å². The quantitative estimate of drug-likeness (QED) is 0.478. The van der Waals surface area contributed by atoms with Crippen molar-refractivity contribution in [2.75, 3.05) is 0 Å². The molecule has 2 fully saturated rings. The molecule has 2 unspecified atom stereocenters. The second kappa shape index (κ2) is 3.63. The molecule has 0 aromatic carbocycles. The molecule has 102 valence electrons. The first kappa shape index (κ1) is 11.5. The molecule has 0 aromatic rings. The zero-order valence-electron chi connectivity index (χ0n) is 10.3. The molecule has 0 aromatic heterocycles. The minimum Gasteiger partial charge on any atom is -0.360 e. The predicted octanol–water partition coefficient (Wildman–Crippen LogP) is -1.21. The Bertz CT molecular complexity index is 647. The number of carbonyl (C=O) groups excluding carboxylic acids is 4. The molecule has 3 atom stereocenters. The third-order valence-electron chi connectivity index (χ3n) is 3.97. The standard InChI is InChI=1S/C13H10N2O5/c16-8-4-2-6(11(17)14-8)15-12(18)5-1-3-7-10(20-7)9(5)13(15)19/h1,3,6-7,10H,2,4H2,(H,14,16,17)/t6?,7-,10?/m1/s1. The van der Waals surface area contributed by atoms with Gasteiger partial charge in [-0.1, -0.05) is 12.2 Å². The lowest BCUT2D eigenvalue weighted by Gasteiger charge is -2.28. The molecule has 4 amide bonds. The molecule has 1 aliphatic carbocycles. The first-order valence-electron chi connectivity index (χ1n) is 6.37. The van der Waals surface area contributed by atoms with Crippen molar-refractivity contribution in [1.29, 1.82) is 0 Å². The maximum atomic E-state index is 12.4. The molecule has 7 heteroatoms. The highest BCUT2D eigenvalue weighted by atomic mass is 16.6. The summed E-state index contributed by atoms with van der Waals surface area (Å²) in [4.78, 5) is 48.6. The number of hydrogen-bond donors (Lipinski definition) is 1. The van der Waals surface area contributed by atoms with Crippen LogP contribution in [0.15, 0.2) is 23.3 Å². The van der Waals surface area contributed by atoms with Gasteiger partial charge in [0, 0.05) is 6.42 Å². The molecule has 2 saturated heterocycles. The number of nitrogens with one attached hydrogen (secondary N) is 1. The summed E-state index contributed by atoms with van der Waals surface area (Å²) < 4.78 is 5.29. The molecule has 7 nitrogen and oxygen atoms in total. The summed E-state index contributed by atoms with van der Waals surface area (Å²) in [5.41, 5.74) is 0.644. The molecule has 20 heavy (non-hydrogen) atoms. The Morgan fingerprint density at radius 1 is 1.20 bits per heavy atom. The van der Waals surface area contributed by atoms with E-state index in [0.29, 0.717) is 11.1 Å². The fourth-order valence-electron chi connectivity index (χ4n) is 2.92. The predicted molar refractivity (Wildman–Crippen MR) is 62.9 cm³/mol. The van der Waals surface area contributed by atoms with Crippen LogP contribution in [0, 0.1) is 0 Å². The summed E-state index contributed by atoms with van der Waals surface area (Å²) in [5.74, 6) is -1.94. The number of imide groups is 2. The molecule has 0 spiro atoms. The van der Waals surface area contributed by atoms with Gasteiger partial charge < -0.3 is 4.74 Å². The van der Waals surface area contributed by atoms with E-state index in [9.17, 15) is 19.2 Å². The third-order valence-corrected chi connectivity index (χ3v) is 3.97. The Balaban J connectivity index is 1.67. The Labute approximate surface area is 113 Å². The van der Waals surface area contributed by atoms with Crippen molar-refractivity contribution in [1.82, 2.24) is 10.2 Å². The second-order valence-corrected chi connectivity index (χ2v) is 5.15. The topological polar surface area (TPSA) is 96.1 Å². The van der Waals surface area contributed by atoms with E-state index in [1.165, 1.54) is 0 Å². The summed E-state index contributed by atoms with van der Waals surface area (Å²) in [5, 5.41) is 2.16. The number of piperidine rings is 1. The van der Waals surface area contributed by atoms with Gasteiger partial charge in [0.1, 0.15) is 18.2 Å². The number of fused-ring (bicyclic) bond motifs is 2. The normalized spacial score (nSPS) is 35.2. The van der Waals surface area contributed by atoms with Crippen LogP contribution < -0.4 is 5.32 Å². The smallest absolute Gasteiger partial charge is 0.262 e. The molecule has 0 radical (unpaired) electrons. The molecule has 1 N–H and O–H groups in total. The lowest BCUT2D eigenvalue weighted by Crippen LogP contribution is -2.54. The lowest BCUT2D eigenvalue weighted by molar-refractivity contribution is -0.150. The number of hydrogen-bond acceptors (Lipinski definition) is 5. The first-order valence-corrected chi connectivity index (χ1v) is 6.37. The van der Waals surface area contributed by atoms with Crippen LogP contribution in [-0.4, -0.2) is 46.8 Å². The van der Waals surface area contributed by atoms with E-state index in [1.807, 2.05) is 0 Å². The highest BCUT2D eigenvalue weighted by molar-refractivity contribution is 6.23. The summed E-state index contributed by atoms with van der Waals surface area (Å²) in [6, 6.07) is -0.913.